The molecule has 0 spiro atoms. The summed E-state index contributed by atoms with van der Waals surface area (Å²) >= 11 is 0. The van der Waals surface area contributed by atoms with Gasteiger partial charge in [0.15, 0.2) is 0 Å². The van der Waals surface area contributed by atoms with Crippen LogP contribution in [0.25, 0.3) is 0 Å². The first kappa shape index (κ1) is 8.83. The van der Waals surface area contributed by atoms with Crippen molar-refractivity contribution in [2.24, 2.45) is 5.73 Å². The average molecular weight is 159 g/mol. The van der Waals surface area contributed by atoms with E-state index in [1.54, 1.807) is 0 Å². The van der Waals surface area contributed by atoms with E-state index in [4.69, 9.17) is 5.73 Å². The standard InChI is InChI=1S/C11H13N/c1-2-3-9-11(12)10-7-5-4-6-8-10/h4-8,11H,9,12H2,1H3/t11-/m0/s1. The Bertz CT molecular complexity index is 279. The van der Waals surface area contributed by atoms with Crippen LogP contribution in [0.3, 0.4) is 0 Å². The van der Waals surface area contributed by atoms with Gasteiger partial charge in [-0.25, -0.2) is 0 Å². The normalized spacial score (nSPS) is 11.5. The van der Waals surface area contributed by atoms with Gasteiger partial charge in [-0.3, -0.25) is 0 Å². The maximum Gasteiger partial charge on any atom is 0.0405 e. The van der Waals surface area contributed by atoms with Crippen molar-refractivity contribution < 1.29 is 0 Å². The highest BCUT2D eigenvalue weighted by atomic mass is 14.6. The zero-order valence-corrected chi connectivity index (χ0v) is 7.25. The number of rotatable bonds is 2. The summed E-state index contributed by atoms with van der Waals surface area (Å²) in [5.74, 6) is 5.81. The molecule has 1 aromatic carbocycles. The van der Waals surface area contributed by atoms with E-state index < -0.39 is 0 Å². The minimum atomic E-state index is 0.0543. The van der Waals surface area contributed by atoms with E-state index in [2.05, 4.69) is 11.8 Å². The lowest BCUT2D eigenvalue weighted by Crippen LogP contribution is -2.08. The van der Waals surface area contributed by atoms with Crippen LogP contribution in [0, 0.1) is 11.8 Å². The van der Waals surface area contributed by atoms with E-state index in [-0.39, 0.29) is 6.04 Å². The van der Waals surface area contributed by atoms with Gasteiger partial charge in [-0.1, -0.05) is 30.3 Å². The lowest BCUT2D eigenvalue weighted by atomic mass is 10.1. The van der Waals surface area contributed by atoms with Gasteiger partial charge in [0.1, 0.15) is 0 Å². The maximum absolute atomic E-state index is 5.88. The second kappa shape index (κ2) is 4.58. The van der Waals surface area contributed by atoms with E-state index in [9.17, 15) is 0 Å². The molecule has 12 heavy (non-hydrogen) atoms. The van der Waals surface area contributed by atoms with Crippen LogP contribution in [0.1, 0.15) is 24.9 Å². The van der Waals surface area contributed by atoms with E-state index >= 15 is 0 Å². The summed E-state index contributed by atoms with van der Waals surface area (Å²) in [4.78, 5) is 0. The molecular weight excluding hydrogens is 146 g/mol. The number of hydrogen-bond acceptors (Lipinski definition) is 1. The van der Waals surface area contributed by atoms with Crippen molar-refractivity contribution in [2.45, 2.75) is 19.4 Å². The molecule has 1 aromatic rings. The van der Waals surface area contributed by atoms with Crippen LogP contribution in [0.15, 0.2) is 30.3 Å². The summed E-state index contributed by atoms with van der Waals surface area (Å²) in [5.41, 5.74) is 7.03. The highest BCUT2D eigenvalue weighted by Gasteiger charge is 2.01. The zero-order chi connectivity index (χ0) is 8.81. The van der Waals surface area contributed by atoms with E-state index in [1.165, 1.54) is 0 Å². The molecule has 1 heteroatoms. The lowest BCUT2D eigenvalue weighted by Gasteiger charge is -2.06. The van der Waals surface area contributed by atoms with Crippen LogP contribution < -0.4 is 5.73 Å². The quantitative estimate of drug-likeness (QED) is 0.657. The first-order chi connectivity index (χ1) is 5.84. The Hall–Kier alpha value is -1.26. The van der Waals surface area contributed by atoms with Crippen molar-refractivity contribution >= 4 is 0 Å². The van der Waals surface area contributed by atoms with Crippen molar-refractivity contribution in [3.05, 3.63) is 35.9 Å². The Morgan fingerprint density at radius 2 is 2.00 bits per heavy atom. The highest BCUT2D eigenvalue weighted by Crippen LogP contribution is 2.11. The molecule has 62 valence electrons. The Morgan fingerprint density at radius 3 is 2.58 bits per heavy atom. The molecule has 0 fully saturated rings. The summed E-state index contributed by atoms with van der Waals surface area (Å²) in [6, 6.07) is 10.1. The molecular formula is C11H13N. The molecule has 0 amide bonds. The Labute approximate surface area is 73.6 Å². The molecule has 0 bridgehead atoms. The highest BCUT2D eigenvalue weighted by molar-refractivity contribution is 5.20. The van der Waals surface area contributed by atoms with Crippen molar-refractivity contribution in [1.29, 1.82) is 0 Å². The molecule has 1 atom stereocenters. The van der Waals surface area contributed by atoms with Crippen LogP contribution >= 0.6 is 0 Å². The molecule has 2 N–H and O–H groups in total. The molecule has 0 unspecified atom stereocenters. The van der Waals surface area contributed by atoms with Crippen molar-refractivity contribution in [3.63, 3.8) is 0 Å². The fourth-order valence-electron chi connectivity index (χ4n) is 1.03. The summed E-state index contributed by atoms with van der Waals surface area (Å²) < 4.78 is 0. The minimum absolute atomic E-state index is 0.0543. The SMILES string of the molecule is CC#CC[C@H](N)c1ccccc1. The van der Waals surface area contributed by atoms with Crippen molar-refractivity contribution in [2.75, 3.05) is 0 Å². The van der Waals surface area contributed by atoms with Gasteiger partial charge in [0.2, 0.25) is 0 Å². The first-order valence-corrected chi connectivity index (χ1v) is 4.04. The summed E-state index contributed by atoms with van der Waals surface area (Å²) in [7, 11) is 0. The smallest absolute Gasteiger partial charge is 0.0405 e. The molecule has 1 rings (SSSR count). The lowest BCUT2D eigenvalue weighted by molar-refractivity contribution is 0.754. The first-order valence-electron chi connectivity index (χ1n) is 4.04. The zero-order valence-electron chi connectivity index (χ0n) is 7.25. The van der Waals surface area contributed by atoms with Gasteiger partial charge in [-0.2, -0.15) is 0 Å². The molecule has 1 nitrogen and oxygen atoms in total. The third-order valence-corrected chi connectivity index (χ3v) is 1.73. The average Bonchev–Trinajstić information content (AvgIpc) is 2.15. The van der Waals surface area contributed by atoms with Gasteiger partial charge in [0.05, 0.1) is 0 Å². The fourth-order valence-corrected chi connectivity index (χ4v) is 1.03. The van der Waals surface area contributed by atoms with Crippen molar-refractivity contribution in [1.82, 2.24) is 0 Å². The molecule has 0 saturated heterocycles. The van der Waals surface area contributed by atoms with Crippen LogP contribution in [0.5, 0.6) is 0 Å². The van der Waals surface area contributed by atoms with Gasteiger partial charge in [0, 0.05) is 12.5 Å². The summed E-state index contributed by atoms with van der Waals surface area (Å²) in [6.07, 6.45) is 0.737. The summed E-state index contributed by atoms with van der Waals surface area (Å²) in [5, 5.41) is 0. The van der Waals surface area contributed by atoms with Crippen LogP contribution in [0.2, 0.25) is 0 Å². The molecule has 0 saturated carbocycles. The predicted octanol–water partition coefficient (Wildman–Crippen LogP) is 2.10. The Balaban J connectivity index is 2.63. The van der Waals surface area contributed by atoms with E-state index in [0.29, 0.717) is 0 Å². The molecule has 0 aliphatic rings. The van der Waals surface area contributed by atoms with Crippen LogP contribution in [-0.2, 0) is 0 Å². The third-order valence-electron chi connectivity index (χ3n) is 1.73. The van der Waals surface area contributed by atoms with Gasteiger partial charge in [-0.15, -0.1) is 11.8 Å². The van der Waals surface area contributed by atoms with Crippen molar-refractivity contribution in [3.8, 4) is 11.8 Å². The monoisotopic (exact) mass is 159 g/mol. The molecule has 0 heterocycles. The molecule has 0 aromatic heterocycles. The molecule has 0 radical (unpaired) electrons. The van der Waals surface area contributed by atoms with Crippen LogP contribution in [0.4, 0.5) is 0 Å². The molecule has 0 aliphatic heterocycles. The number of benzene rings is 1. The van der Waals surface area contributed by atoms with Gasteiger partial charge < -0.3 is 5.73 Å². The van der Waals surface area contributed by atoms with Crippen LogP contribution in [-0.4, -0.2) is 0 Å². The fraction of sp³-hybridized carbons (Fsp3) is 0.273. The van der Waals surface area contributed by atoms with Gasteiger partial charge in [-0.05, 0) is 12.5 Å². The maximum atomic E-state index is 5.88. The second-order valence-electron chi connectivity index (χ2n) is 2.65. The molecule has 0 aliphatic carbocycles. The van der Waals surface area contributed by atoms with E-state index in [1.807, 2.05) is 37.3 Å². The Kier molecular flexibility index (Phi) is 3.37. The third kappa shape index (κ3) is 2.41. The largest absolute Gasteiger partial charge is 0.323 e. The predicted molar refractivity (Wildman–Crippen MR) is 51.4 cm³/mol. The topological polar surface area (TPSA) is 26.0 Å². The minimum Gasteiger partial charge on any atom is -0.323 e. The number of nitrogens with two attached hydrogens (primary N) is 1. The van der Waals surface area contributed by atoms with Gasteiger partial charge in [0.25, 0.3) is 0 Å². The van der Waals surface area contributed by atoms with E-state index in [0.717, 1.165) is 12.0 Å². The second-order valence-corrected chi connectivity index (χ2v) is 2.65. The Morgan fingerprint density at radius 1 is 1.33 bits per heavy atom. The van der Waals surface area contributed by atoms with Gasteiger partial charge >= 0.3 is 0 Å². The number of hydrogen-bond donors (Lipinski definition) is 1. The summed E-state index contributed by atoms with van der Waals surface area (Å²) in [6.45, 7) is 1.83.